The van der Waals surface area contributed by atoms with E-state index in [0.29, 0.717) is 11.3 Å². The second kappa shape index (κ2) is 5.41. The first-order chi connectivity index (χ1) is 10.5. The molecule has 116 valence electrons. The number of sulfonamides is 1. The highest BCUT2D eigenvalue weighted by molar-refractivity contribution is 7.93. The van der Waals surface area contributed by atoms with Crippen molar-refractivity contribution in [2.45, 2.75) is 31.2 Å². The van der Waals surface area contributed by atoms with Crippen molar-refractivity contribution < 1.29 is 13.0 Å². The molecule has 8 nitrogen and oxygen atoms in total. The standard InChI is InChI=1S/C13H15N5O3S/c1-3-9(2)18-12(7-8-14-18)17-22(19,20)11-6-4-5-10-13(11)16-21-15-10/h4-9,17H,3H2,1-2H3. The molecule has 1 aromatic carbocycles. The van der Waals surface area contributed by atoms with E-state index in [-0.39, 0.29) is 16.5 Å². The molecule has 3 aromatic rings. The summed E-state index contributed by atoms with van der Waals surface area (Å²) in [5.74, 6) is 0.405. The highest BCUT2D eigenvalue weighted by Gasteiger charge is 2.22. The Bertz CT molecular complexity index is 899. The monoisotopic (exact) mass is 321 g/mol. The topological polar surface area (TPSA) is 103 Å². The van der Waals surface area contributed by atoms with Crippen LogP contribution in [0.1, 0.15) is 26.3 Å². The Kier molecular flexibility index (Phi) is 3.57. The minimum Gasteiger partial charge on any atom is -0.263 e. The molecule has 1 N–H and O–H groups in total. The molecule has 0 saturated carbocycles. The summed E-state index contributed by atoms with van der Waals surface area (Å²) in [6, 6.07) is 6.38. The van der Waals surface area contributed by atoms with Crippen LogP contribution < -0.4 is 4.72 Å². The van der Waals surface area contributed by atoms with E-state index in [9.17, 15) is 8.42 Å². The minimum absolute atomic E-state index is 0.0168. The lowest BCUT2D eigenvalue weighted by Gasteiger charge is -2.15. The molecule has 0 saturated heterocycles. The second-order valence-electron chi connectivity index (χ2n) is 4.91. The molecular weight excluding hydrogens is 306 g/mol. The number of aromatic nitrogens is 4. The number of nitrogens with one attached hydrogen (secondary N) is 1. The molecule has 0 aliphatic carbocycles. The van der Waals surface area contributed by atoms with Gasteiger partial charge in [-0.05, 0) is 35.8 Å². The molecule has 2 aromatic heterocycles. The van der Waals surface area contributed by atoms with Gasteiger partial charge in [-0.15, -0.1) is 0 Å². The van der Waals surface area contributed by atoms with Gasteiger partial charge in [0, 0.05) is 6.07 Å². The first kappa shape index (κ1) is 14.5. The van der Waals surface area contributed by atoms with E-state index in [1.54, 1.807) is 29.1 Å². The molecule has 22 heavy (non-hydrogen) atoms. The summed E-state index contributed by atoms with van der Waals surface area (Å²) in [4.78, 5) is 0.0168. The summed E-state index contributed by atoms with van der Waals surface area (Å²) in [7, 11) is -3.82. The second-order valence-corrected chi connectivity index (χ2v) is 6.56. The van der Waals surface area contributed by atoms with E-state index in [1.807, 2.05) is 13.8 Å². The Labute approximate surface area is 127 Å². The third-order valence-corrected chi connectivity index (χ3v) is 4.84. The van der Waals surface area contributed by atoms with Gasteiger partial charge in [0.15, 0.2) is 5.52 Å². The van der Waals surface area contributed by atoms with Crippen molar-refractivity contribution in [3.63, 3.8) is 0 Å². The van der Waals surface area contributed by atoms with Gasteiger partial charge < -0.3 is 0 Å². The van der Waals surface area contributed by atoms with E-state index < -0.39 is 10.0 Å². The molecule has 3 rings (SSSR count). The quantitative estimate of drug-likeness (QED) is 0.772. The van der Waals surface area contributed by atoms with Crippen molar-refractivity contribution in [1.29, 1.82) is 0 Å². The molecule has 1 atom stereocenters. The number of rotatable bonds is 5. The number of anilines is 1. The van der Waals surface area contributed by atoms with E-state index >= 15 is 0 Å². The Hall–Kier alpha value is -2.42. The highest BCUT2D eigenvalue weighted by Crippen LogP contribution is 2.24. The van der Waals surface area contributed by atoms with Crippen LogP contribution >= 0.6 is 0 Å². The number of hydrogen-bond donors (Lipinski definition) is 1. The van der Waals surface area contributed by atoms with E-state index in [2.05, 4.69) is 24.8 Å². The molecule has 0 spiro atoms. The normalized spacial score (nSPS) is 13.4. The lowest BCUT2D eigenvalue weighted by molar-refractivity contribution is 0.315. The van der Waals surface area contributed by atoms with Gasteiger partial charge in [0.05, 0.1) is 12.2 Å². The summed E-state index contributed by atoms with van der Waals surface area (Å²) < 4.78 is 34.0. The van der Waals surface area contributed by atoms with E-state index in [0.717, 1.165) is 6.42 Å². The highest BCUT2D eigenvalue weighted by atomic mass is 32.2. The van der Waals surface area contributed by atoms with Crippen molar-refractivity contribution in [2.75, 3.05) is 4.72 Å². The maximum Gasteiger partial charge on any atom is 0.265 e. The first-order valence-electron chi connectivity index (χ1n) is 6.80. The van der Waals surface area contributed by atoms with Crippen LogP contribution in [0.25, 0.3) is 11.0 Å². The van der Waals surface area contributed by atoms with Gasteiger partial charge >= 0.3 is 0 Å². The van der Waals surface area contributed by atoms with Crippen molar-refractivity contribution in [3.8, 4) is 0 Å². The smallest absolute Gasteiger partial charge is 0.263 e. The third-order valence-electron chi connectivity index (χ3n) is 3.46. The van der Waals surface area contributed by atoms with Gasteiger partial charge in [-0.3, -0.25) is 4.72 Å². The van der Waals surface area contributed by atoms with Crippen LogP contribution in [0.3, 0.4) is 0 Å². The van der Waals surface area contributed by atoms with Crippen LogP contribution in [-0.4, -0.2) is 28.5 Å². The molecule has 0 bridgehead atoms. The number of benzene rings is 1. The van der Waals surface area contributed by atoms with Gasteiger partial charge in [-0.1, -0.05) is 13.0 Å². The molecular formula is C13H15N5O3S. The summed E-state index contributed by atoms with van der Waals surface area (Å²) in [5, 5.41) is 11.5. The van der Waals surface area contributed by atoms with Crippen molar-refractivity contribution in [1.82, 2.24) is 20.1 Å². The maximum absolute atomic E-state index is 12.6. The minimum atomic E-state index is -3.82. The Balaban J connectivity index is 2.01. The van der Waals surface area contributed by atoms with Gasteiger partial charge in [0.1, 0.15) is 16.2 Å². The SMILES string of the molecule is CCC(C)n1nccc1NS(=O)(=O)c1cccc2nonc12. The molecule has 1 unspecified atom stereocenters. The van der Waals surface area contributed by atoms with Crippen molar-refractivity contribution in [2.24, 2.45) is 0 Å². The maximum atomic E-state index is 12.6. The average Bonchev–Trinajstić information content (AvgIpc) is 3.14. The van der Waals surface area contributed by atoms with Crippen molar-refractivity contribution in [3.05, 3.63) is 30.5 Å². The molecule has 0 radical (unpaired) electrons. The van der Waals surface area contributed by atoms with Crippen LogP contribution in [-0.2, 0) is 10.0 Å². The average molecular weight is 321 g/mol. The summed E-state index contributed by atoms with van der Waals surface area (Å²) in [6.07, 6.45) is 2.39. The largest absolute Gasteiger partial charge is 0.265 e. The fourth-order valence-corrected chi connectivity index (χ4v) is 3.31. The molecule has 0 fully saturated rings. The molecule has 0 amide bonds. The predicted octanol–water partition coefficient (Wildman–Crippen LogP) is 2.19. The zero-order valence-electron chi connectivity index (χ0n) is 12.1. The first-order valence-corrected chi connectivity index (χ1v) is 8.29. The van der Waals surface area contributed by atoms with Crippen LogP contribution in [0.2, 0.25) is 0 Å². The van der Waals surface area contributed by atoms with Gasteiger partial charge in [-0.25, -0.2) is 17.7 Å². The summed E-state index contributed by atoms with van der Waals surface area (Å²) in [5.41, 5.74) is 0.586. The van der Waals surface area contributed by atoms with Crippen LogP contribution in [0.15, 0.2) is 40.0 Å². The fourth-order valence-electron chi connectivity index (χ4n) is 2.11. The predicted molar refractivity (Wildman–Crippen MR) is 79.8 cm³/mol. The lowest BCUT2D eigenvalue weighted by Crippen LogP contribution is -2.18. The van der Waals surface area contributed by atoms with Crippen LogP contribution in [0.4, 0.5) is 5.82 Å². The zero-order chi connectivity index (χ0) is 15.7. The molecule has 0 aliphatic rings. The number of hydrogen-bond acceptors (Lipinski definition) is 6. The molecule has 0 aliphatic heterocycles. The molecule has 2 heterocycles. The Morgan fingerprint density at radius 2 is 2.14 bits per heavy atom. The Morgan fingerprint density at radius 1 is 1.32 bits per heavy atom. The van der Waals surface area contributed by atoms with E-state index in [1.165, 1.54) is 6.07 Å². The zero-order valence-corrected chi connectivity index (χ0v) is 12.9. The van der Waals surface area contributed by atoms with Gasteiger partial charge in [0.25, 0.3) is 10.0 Å². The van der Waals surface area contributed by atoms with Crippen molar-refractivity contribution >= 4 is 26.9 Å². The number of nitrogens with zero attached hydrogens (tertiary/aromatic N) is 4. The Morgan fingerprint density at radius 3 is 2.91 bits per heavy atom. The lowest BCUT2D eigenvalue weighted by atomic mass is 10.3. The summed E-state index contributed by atoms with van der Waals surface area (Å²) >= 11 is 0. The van der Waals surface area contributed by atoms with Gasteiger partial charge in [-0.2, -0.15) is 5.10 Å². The third kappa shape index (κ3) is 2.43. The summed E-state index contributed by atoms with van der Waals surface area (Å²) in [6.45, 7) is 3.97. The number of fused-ring (bicyclic) bond motifs is 1. The van der Waals surface area contributed by atoms with E-state index in [4.69, 9.17) is 0 Å². The molecule has 9 heteroatoms. The fraction of sp³-hybridized carbons (Fsp3) is 0.308. The van der Waals surface area contributed by atoms with Crippen LogP contribution in [0, 0.1) is 0 Å². The van der Waals surface area contributed by atoms with Crippen LogP contribution in [0.5, 0.6) is 0 Å². The van der Waals surface area contributed by atoms with Gasteiger partial charge in [0.2, 0.25) is 0 Å².